The predicted octanol–water partition coefficient (Wildman–Crippen LogP) is 3.16. The largest absolute Gasteiger partial charge is 0.352 e. The first-order valence-corrected chi connectivity index (χ1v) is 7.84. The summed E-state index contributed by atoms with van der Waals surface area (Å²) in [5, 5.41) is 6.69. The van der Waals surface area contributed by atoms with E-state index in [1.165, 1.54) is 0 Å². The van der Waals surface area contributed by atoms with Crippen LogP contribution in [0, 0.1) is 0 Å². The molecule has 1 aromatic carbocycles. The Morgan fingerprint density at radius 3 is 2.74 bits per heavy atom. The Balaban J connectivity index is 1.87. The van der Waals surface area contributed by atoms with Gasteiger partial charge in [0.25, 0.3) is 5.91 Å². The number of amides is 1. The molecule has 0 aliphatic heterocycles. The third kappa shape index (κ3) is 5.88. The van der Waals surface area contributed by atoms with Gasteiger partial charge >= 0.3 is 0 Å². The number of hydrogen-bond donors (Lipinski definition) is 2. The lowest BCUT2D eigenvalue weighted by molar-refractivity contribution is 0.0952. The van der Waals surface area contributed by atoms with Gasteiger partial charge < -0.3 is 15.5 Å². The zero-order valence-corrected chi connectivity index (χ0v) is 14.1. The molecule has 1 amide bonds. The Labute approximate surface area is 141 Å². The lowest BCUT2D eigenvalue weighted by atomic mass is 10.2. The third-order valence-electron chi connectivity index (χ3n) is 3.19. The molecule has 0 aliphatic rings. The van der Waals surface area contributed by atoms with Crippen LogP contribution in [-0.4, -0.2) is 43.0 Å². The molecule has 0 saturated carbocycles. The van der Waals surface area contributed by atoms with Gasteiger partial charge in [0, 0.05) is 23.5 Å². The van der Waals surface area contributed by atoms with Gasteiger partial charge in [0.2, 0.25) is 0 Å². The summed E-state index contributed by atoms with van der Waals surface area (Å²) in [5.74, 6) is 0.557. The highest BCUT2D eigenvalue weighted by molar-refractivity contribution is 6.30. The summed E-state index contributed by atoms with van der Waals surface area (Å²) in [5.41, 5.74) is 1.40. The van der Waals surface area contributed by atoms with E-state index < -0.39 is 0 Å². The lowest BCUT2D eigenvalue weighted by Gasteiger charge is -2.10. The number of nitrogens with zero attached hydrogens (tertiary/aromatic N) is 2. The lowest BCUT2D eigenvalue weighted by Crippen LogP contribution is -2.27. The van der Waals surface area contributed by atoms with Gasteiger partial charge in [-0.25, -0.2) is 4.98 Å². The normalized spacial score (nSPS) is 10.6. The maximum absolute atomic E-state index is 12.0. The van der Waals surface area contributed by atoms with Gasteiger partial charge in [0.05, 0.1) is 5.56 Å². The van der Waals surface area contributed by atoms with E-state index in [0.29, 0.717) is 22.9 Å². The number of carbonyl (C=O) groups is 1. The van der Waals surface area contributed by atoms with Crippen molar-refractivity contribution in [2.45, 2.75) is 6.42 Å². The van der Waals surface area contributed by atoms with E-state index in [9.17, 15) is 4.79 Å². The summed E-state index contributed by atoms with van der Waals surface area (Å²) in [4.78, 5) is 18.3. The molecule has 0 atom stereocenters. The molecule has 0 aliphatic carbocycles. The highest BCUT2D eigenvalue weighted by atomic mass is 35.5. The highest BCUT2D eigenvalue weighted by Crippen LogP contribution is 2.18. The molecule has 122 valence electrons. The minimum absolute atomic E-state index is 0.106. The number of halogens is 1. The number of hydrogen-bond acceptors (Lipinski definition) is 4. The zero-order chi connectivity index (χ0) is 16.7. The molecule has 2 N–H and O–H groups in total. The Bertz CT molecular complexity index is 643. The molecule has 6 heteroatoms. The minimum atomic E-state index is -0.106. The maximum Gasteiger partial charge on any atom is 0.252 e. The van der Waals surface area contributed by atoms with Crippen molar-refractivity contribution in [2.24, 2.45) is 0 Å². The second-order valence-electron chi connectivity index (χ2n) is 5.48. The molecular formula is C17H21ClN4O. The summed E-state index contributed by atoms with van der Waals surface area (Å²) < 4.78 is 0. The zero-order valence-electron chi connectivity index (χ0n) is 13.3. The van der Waals surface area contributed by atoms with Gasteiger partial charge in [-0.05, 0) is 57.4 Å². The van der Waals surface area contributed by atoms with Crippen molar-refractivity contribution < 1.29 is 4.79 Å². The second-order valence-corrected chi connectivity index (χ2v) is 5.92. The molecule has 0 unspecified atom stereocenters. The predicted molar refractivity (Wildman–Crippen MR) is 94.5 cm³/mol. The van der Waals surface area contributed by atoms with Crippen molar-refractivity contribution in [3.05, 3.63) is 53.2 Å². The van der Waals surface area contributed by atoms with E-state index >= 15 is 0 Å². The number of anilines is 2. The molecule has 1 heterocycles. The van der Waals surface area contributed by atoms with Gasteiger partial charge in [-0.15, -0.1) is 0 Å². The molecule has 1 aromatic heterocycles. The highest BCUT2D eigenvalue weighted by Gasteiger charge is 2.06. The quantitative estimate of drug-likeness (QED) is 0.765. The first-order chi connectivity index (χ1) is 11.0. The fourth-order valence-electron chi connectivity index (χ4n) is 2.02. The standard InChI is InChI=1S/C17H21ClN4O/c1-22(2)10-4-9-19-17(23)13-7-8-16(20-12-13)21-15-6-3-5-14(18)11-15/h3,5-8,11-12H,4,9-10H2,1-2H3,(H,19,23)(H,20,21). The molecule has 23 heavy (non-hydrogen) atoms. The summed E-state index contributed by atoms with van der Waals surface area (Å²) in [6.45, 7) is 1.60. The summed E-state index contributed by atoms with van der Waals surface area (Å²) >= 11 is 5.94. The van der Waals surface area contributed by atoms with Crippen molar-refractivity contribution in [1.82, 2.24) is 15.2 Å². The smallest absolute Gasteiger partial charge is 0.252 e. The molecule has 0 fully saturated rings. The minimum Gasteiger partial charge on any atom is -0.352 e. The van der Waals surface area contributed by atoms with Gasteiger partial charge in [0.15, 0.2) is 0 Å². The van der Waals surface area contributed by atoms with Gasteiger partial charge in [-0.1, -0.05) is 17.7 Å². The first kappa shape index (κ1) is 17.2. The molecule has 0 spiro atoms. The number of pyridine rings is 1. The molecule has 0 saturated heterocycles. The number of nitrogens with one attached hydrogen (secondary N) is 2. The SMILES string of the molecule is CN(C)CCCNC(=O)c1ccc(Nc2cccc(Cl)c2)nc1. The van der Waals surface area contributed by atoms with Crippen molar-refractivity contribution in [1.29, 1.82) is 0 Å². The topological polar surface area (TPSA) is 57.3 Å². The third-order valence-corrected chi connectivity index (χ3v) is 3.43. The van der Waals surface area contributed by atoms with Crippen LogP contribution < -0.4 is 10.6 Å². The van der Waals surface area contributed by atoms with Crippen LogP contribution in [0.4, 0.5) is 11.5 Å². The van der Waals surface area contributed by atoms with Crippen LogP contribution in [0.5, 0.6) is 0 Å². The number of aromatic nitrogens is 1. The van der Waals surface area contributed by atoms with Crippen LogP contribution in [0.3, 0.4) is 0 Å². The molecule has 5 nitrogen and oxygen atoms in total. The fourth-order valence-corrected chi connectivity index (χ4v) is 2.21. The van der Waals surface area contributed by atoms with Crippen LogP contribution in [-0.2, 0) is 0 Å². The number of carbonyl (C=O) groups excluding carboxylic acids is 1. The number of benzene rings is 1. The van der Waals surface area contributed by atoms with Crippen LogP contribution in [0.1, 0.15) is 16.8 Å². The first-order valence-electron chi connectivity index (χ1n) is 7.46. The Kier molecular flexibility index (Phi) is 6.38. The molecule has 0 bridgehead atoms. The van der Waals surface area contributed by atoms with E-state index in [1.807, 2.05) is 38.4 Å². The summed E-state index contributed by atoms with van der Waals surface area (Å²) in [7, 11) is 4.02. The Hall–Kier alpha value is -2.11. The Morgan fingerprint density at radius 1 is 1.26 bits per heavy atom. The van der Waals surface area contributed by atoms with Crippen molar-refractivity contribution >= 4 is 29.0 Å². The maximum atomic E-state index is 12.0. The molecule has 2 aromatic rings. The van der Waals surface area contributed by atoms with E-state index in [2.05, 4.69) is 20.5 Å². The van der Waals surface area contributed by atoms with Crippen molar-refractivity contribution in [2.75, 3.05) is 32.5 Å². The van der Waals surface area contributed by atoms with E-state index in [1.54, 1.807) is 18.3 Å². The van der Waals surface area contributed by atoms with E-state index in [0.717, 1.165) is 18.7 Å². The van der Waals surface area contributed by atoms with Crippen LogP contribution in [0.15, 0.2) is 42.6 Å². The molecular weight excluding hydrogens is 312 g/mol. The van der Waals surface area contributed by atoms with Crippen molar-refractivity contribution in [3.8, 4) is 0 Å². The molecule has 0 radical (unpaired) electrons. The monoisotopic (exact) mass is 332 g/mol. The van der Waals surface area contributed by atoms with Crippen molar-refractivity contribution in [3.63, 3.8) is 0 Å². The van der Waals surface area contributed by atoms with Crippen LogP contribution in [0.25, 0.3) is 0 Å². The average molecular weight is 333 g/mol. The van der Waals surface area contributed by atoms with Gasteiger partial charge in [-0.3, -0.25) is 4.79 Å². The summed E-state index contributed by atoms with van der Waals surface area (Å²) in [6, 6.07) is 10.9. The van der Waals surface area contributed by atoms with Crippen LogP contribution >= 0.6 is 11.6 Å². The second kappa shape index (κ2) is 8.50. The Morgan fingerprint density at radius 2 is 2.09 bits per heavy atom. The average Bonchev–Trinajstić information content (AvgIpc) is 2.52. The van der Waals surface area contributed by atoms with Gasteiger partial charge in [-0.2, -0.15) is 0 Å². The number of rotatable bonds is 7. The summed E-state index contributed by atoms with van der Waals surface area (Å²) in [6.07, 6.45) is 2.48. The van der Waals surface area contributed by atoms with Crippen LogP contribution in [0.2, 0.25) is 5.02 Å². The molecule has 2 rings (SSSR count). The fraction of sp³-hybridized carbons (Fsp3) is 0.294. The van der Waals surface area contributed by atoms with Gasteiger partial charge in [0.1, 0.15) is 5.82 Å². The van der Waals surface area contributed by atoms with E-state index in [-0.39, 0.29) is 5.91 Å². The van der Waals surface area contributed by atoms with E-state index in [4.69, 9.17) is 11.6 Å².